The summed E-state index contributed by atoms with van der Waals surface area (Å²) in [5.41, 5.74) is 1.39. The third kappa shape index (κ3) is 3.29. The maximum absolute atomic E-state index is 12.5. The first-order valence-electron chi connectivity index (χ1n) is 6.99. The lowest BCUT2D eigenvalue weighted by atomic mass is 10.2. The molecule has 0 N–H and O–H groups in total. The number of amides is 1. The van der Waals surface area contributed by atoms with E-state index in [0.717, 1.165) is 11.8 Å². The fraction of sp³-hybridized carbons (Fsp3) is 0.200. The Balaban J connectivity index is 1.69. The van der Waals surface area contributed by atoms with E-state index < -0.39 is 12.5 Å². The van der Waals surface area contributed by atoms with Crippen LogP contribution in [0.3, 0.4) is 0 Å². The Hall–Kier alpha value is -3.10. The molecule has 0 atom stereocenters. The van der Waals surface area contributed by atoms with Gasteiger partial charge in [-0.3, -0.25) is 9.78 Å². The van der Waals surface area contributed by atoms with Crippen molar-refractivity contribution in [1.29, 1.82) is 0 Å². The predicted octanol–water partition coefficient (Wildman–Crippen LogP) is 2.60. The number of rotatable bonds is 5. The lowest BCUT2D eigenvalue weighted by Gasteiger charge is -2.13. The summed E-state index contributed by atoms with van der Waals surface area (Å²) >= 11 is 0. The number of pyridine rings is 1. The van der Waals surface area contributed by atoms with Gasteiger partial charge in [-0.15, -0.1) is 0 Å². The highest BCUT2D eigenvalue weighted by Gasteiger charge is 2.19. The predicted molar refractivity (Wildman–Crippen MR) is 79.0 cm³/mol. The normalized spacial score (nSPS) is 11.0. The molecule has 0 aliphatic carbocycles. The second-order valence-corrected chi connectivity index (χ2v) is 5.03. The number of hydrogen-bond donors (Lipinski definition) is 0. The second kappa shape index (κ2) is 6.57. The molecular weight excluding hydrogens is 320 g/mol. The topological polar surface area (TPSA) is 77.0 Å². The van der Waals surface area contributed by atoms with Gasteiger partial charge < -0.3 is 9.42 Å². The average molecular weight is 333 g/mol. The van der Waals surface area contributed by atoms with Crippen LogP contribution in [0.2, 0.25) is 0 Å². The largest absolute Gasteiger partial charge is 0.359 e. The lowest BCUT2D eigenvalue weighted by molar-refractivity contribution is 0.0552. The van der Waals surface area contributed by atoms with Crippen molar-refractivity contribution in [3.8, 4) is 11.3 Å². The van der Waals surface area contributed by atoms with E-state index in [9.17, 15) is 13.6 Å². The Morgan fingerprint density at radius 3 is 2.75 bits per heavy atom. The van der Waals surface area contributed by atoms with Gasteiger partial charge in [-0.1, -0.05) is 5.16 Å². The Kier molecular flexibility index (Phi) is 4.32. The van der Waals surface area contributed by atoms with Crippen molar-refractivity contribution >= 4 is 5.91 Å². The van der Waals surface area contributed by atoms with Crippen LogP contribution < -0.4 is 0 Å². The fourth-order valence-corrected chi connectivity index (χ4v) is 2.11. The standard InChI is InChI=1S/C15H13F2N5O2/c1-21(14(23)12-4-7-22(19-12)15(16)17)9-11-8-13(20-24-11)10-2-5-18-6-3-10/h2-8,15H,9H2,1H3. The molecule has 0 aliphatic rings. The molecule has 124 valence electrons. The third-order valence-corrected chi connectivity index (χ3v) is 3.30. The van der Waals surface area contributed by atoms with Gasteiger partial charge in [0.05, 0.1) is 6.54 Å². The van der Waals surface area contributed by atoms with E-state index in [1.54, 1.807) is 30.6 Å². The SMILES string of the molecule is CN(Cc1cc(-c2ccncc2)no1)C(=O)c1ccn(C(F)F)n1. The molecule has 7 nitrogen and oxygen atoms in total. The molecule has 0 radical (unpaired) electrons. The van der Waals surface area contributed by atoms with E-state index in [-0.39, 0.29) is 12.2 Å². The van der Waals surface area contributed by atoms with Gasteiger partial charge in [0.25, 0.3) is 5.91 Å². The van der Waals surface area contributed by atoms with E-state index in [1.165, 1.54) is 18.0 Å². The highest BCUT2D eigenvalue weighted by atomic mass is 19.3. The van der Waals surface area contributed by atoms with Gasteiger partial charge in [0.1, 0.15) is 5.69 Å². The van der Waals surface area contributed by atoms with Crippen LogP contribution in [0.5, 0.6) is 0 Å². The summed E-state index contributed by atoms with van der Waals surface area (Å²) in [6.45, 7) is -2.65. The number of alkyl halides is 2. The van der Waals surface area contributed by atoms with Crippen LogP contribution >= 0.6 is 0 Å². The van der Waals surface area contributed by atoms with Crippen LogP contribution in [0.25, 0.3) is 11.3 Å². The van der Waals surface area contributed by atoms with E-state index in [4.69, 9.17) is 4.52 Å². The van der Waals surface area contributed by atoms with Gasteiger partial charge in [-0.25, -0.2) is 4.68 Å². The number of carbonyl (C=O) groups is 1. The number of hydrogen-bond acceptors (Lipinski definition) is 5. The highest BCUT2D eigenvalue weighted by Crippen LogP contribution is 2.19. The molecule has 0 aromatic carbocycles. The smallest absolute Gasteiger partial charge is 0.333 e. The van der Waals surface area contributed by atoms with Crippen LogP contribution in [0, 0.1) is 0 Å². The third-order valence-electron chi connectivity index (χ3n) is 3.30. The first kappa shape index (κ1) is 15.8. The van der Waals surface area contributed by atoms with Crippen LogP contribution in [-0.2, 0) is 6.54 Å². The van der Waals surface area contributed by atoms with Crippen molar-refractivity contribution < 1.29 is 18.1 Å². The molecular formula is C15H13F2N5O2. The Labute approximate surface area is 135 Å². The molecule has 0 saturated heterocycles. The molecule has 3 aromatic rings. The zero-order chi connectivity index (χ0) is 17.1. The Bertz CT molecular complexity index is 831. The van der Waals surface area contributed by atoms with Crippen LogP contribution in [0.1, 0.15) is 22.8 Å². The monoisotopic (exact) mass is 333 g/mol. The van der Waals surface area contributed by atoms with E-state index >= 15 is 0 Å². The van der Waals surface area contributed by atoms with Crippen molar-refractivity contribution in [2.75, 3.05) is 7.05 Å². The molecule has 0 unspecified atom stereocenters. The van der Waals surface area contributed by atoms with Gasteiger partial charge in [0, 0.05) is 37.3 Å². The van der Waals surface area contributed by atoms with Crippen LogP contribution in [0.4, 0.5) is 8.78 Å². The quantitative estimate of drug-likeness (QED) is 0.717. The summed E-state index contributed by atoms with van der Waals surface area (Å²) in [7, 11) is 1.53. The number of aromatic nitrogens is 4. The first-order chi connectivity index (χ1) is 11.5. The molecule has 0 fully saturated rings. The molecule has 0 spiro atoms. The molecule has 24 heavy (non-hydrogen) atoms. The van der Waals surface area contributed by atoms with Crippen molar-refractivity contribution in [3.05, 3.63) is 54.3 Å². The maximum atomic E-state index is 12.5. The maximum Gasteiger partial charge on any atom is 0.333 e. The molecule has 0 bridgehead atoms. The van der Waals surface area contributed by atoms with Crippen molar-refractivity contribution in [2.24, 2.45) is 0 Å². The average Bonchev–Trinajstić information content (AvgIpc) is 3.24. The van der Waals surface area contributed by atoms with Gasteiger partial charge in [0.15, 0.2) is 11.5 Å². The van der Waals surface area contributed by atoms with E-state index in [2.05, 4.69) is 15.2 Å². The summed E-state index contributed by atoms with van der Waals surface area (Å²) in [5, 5.41) is 7.49. The summed E-state index contributed by atoms with van der Waals surface area (Å²) in [4.78, 5) is 17.4. The molecule has 9 heteroatoms. The van der Waals surface area contributed by atoms with Gasteiger partial charge in [0.2, 0.25) is 0 Å². The summed E-state index contributed by atoms with van der Waals surface area (Å²) in [6, 6.07) is 6.52. The molecule has 0 saturated carbocycles. The van der Waals surface area contributed by atoms with Crippen molar-refractivity contribution in [1.82, 2.24) is 24.8 Å². The molecule has 3 aromatic heterocycles. The summed E-state index contributed by atoms with van der Waals surface area (Å²) < 4.78 is 30.6. The summed E-state index contributed by atoms with van der Waals surface area (Å²) in [5.74, 6) is -0.0257. The number of nitrogens with zero attached hydrogens (tertiary/aromatic N) is 5. The minimum absolute atomic E-state index is 0.0633. The molecule has 1 amide bonds. The molecule has 0 aliphatic heterocycles. The minimum Gasteiger partial charge on any atom is -0.359 e. The van der Waals surface area contributed by atoms with Gasteiger partial charge in [-0.2, -0.15) is 13.9 Å². The number of carbonyl (C=O) groups excluding carboxylic acids is 1. The number of halogens is 2. The van der Waals surface area contributed by atoms with E-state index in [0.29, 0.717) is 16.1 Å². The van der Waals surface area contributed by atoms with E-state index in [1.807, 2.05) is 0 Å². The zero-order valence-corrected chi connectivity index (χ0v) is 12.6. The van der Waals surface area contributed by atoms with Gasteiger partial charge >= 0.3 is 6.55 Å². The zero-order valence-electron chi connectivity index (χ0n) is 12.6. The lowest BCUT2D eigenvalue weighted by Crippen LogP contribution is -2.26. The van der Waals surface area contributed by atoms with Crippen molar-refractivity contribution in [3.63, 3.8) is 0 Å². The van der Waals surface area contributed by atoms with Crippen molar-refractivity contribution in [2.45, 2.75) is 13.1 Å². The Morgan fingerprint density at radius 2 is 2.08 bits per heavy atom. The second-order valence-electron chi connectivity index (χ2n) is 5.03. The first-order valence-corrected chi connectivity index (χ1v) is 6.99. The van der Waals surface area contributed by atoms with Crippen LogP contribution in [-0.4, -0.2) is 37.8 Å². The van der Waals surface area contributed by atoms with Crippen LogP contribution in [0.15, 0.2) is 47.4 Å². The fourth-order valence-electron chi connectivity index (χ4n) is 2.11. The molecule has 3 heterocycles. The minimum atomic E-state index is -2.78. The highest BCUT2D eigenvalue weighted by molar-refractivity contribution is 5.91. The Morgan fingerprint density at radius 1 is 1.33 bits per heavy atom. The summed E-state index contributed by atoms with van der Waals surface area (Å²) in [6.07, 6.45) is 4.33. The molecule has 3 rings (SSSR count). The van der Waals surface area contributed by atoms with Gasteiger partial charge in [-0.05, 0) is 18.2 Å².